The van der Waals surface area contributed by atoms with Crippen molar-refractivity contribution in [2.75, 3.05) is 13.1 Å². The maximum absolute atomic E-state index is 12.9. The summed E-state index contributed by atoms with van der Waals surface area (Å²) in [6.45, 7) is 2.59. The van der Waals surface area contributed by atoms with Crippen LogP contribution in [0.2, 0.25) is 0 Å². The summed E-state index contributed by atoms with van der Waals surface area (Å²) in [5, 5.41) is 9.89. The molecule has 1 aliphatic heterocycles. The third-order valence-electron chi connectivity index (χ3n) is 4.00. The second-order valence-electron chi connectivity index (χ2n) is 5.79. The maximum atomic E-state index is 12.9. The molecule has 3 rings (SSSR count). The van der Waals surface area contributed by atoms with E-state index in [9.17, 15) is 14.0 Å². The van der Waals surface area contributed by atoms with Crippen molar-refractivity contribution in [3.8, 4) is 0 Å². The number of rotatable bonds is 5. The van der Waals surface area contributed by atoms with Gasteiger partial charge in [0.2, 0.25) is 5.91 Å². The third-order valence-corrected chi connectivity index (χ3v) is 4.00. The number of hydrogen-bond acceptors (Lipinski definition) is 5. The summed E-state index contributed by atoms with van der Waals surface area (Å²) in [5.41, 5.74) is 1.50. The smallest absolute Gasteiger partial charge is 0.275 e. The minimum atomic E-state index is -0.396. The molecule has 0 aliphatic carbocycles. The van der Waals surface area contributed by atoms with Crippen LogP contribution in [0, 0.1) is 12.7 Å². The van der Waals surface area contributed by atoms with E-state index in [1.807, 2.05) is 0 Å². The second kappa shape index (κ2) is 6.77. The Morgan fingerprint density at radius 3 is 2.79 bits per heavy atom. The van der Waals surface area contributed by atoms with Crippen molar-refractivity contribution in [3.63, 3.8) is 0 Å². The molecule has 2 aromatic rings. The zero-order valence-corrected chi connectivity index (χ0v) is 13.2. The zero-order valence-electron chi connectivity index (χ0n) is 13.2. The first-order chi connectivity index (χ1) is 11.5. The van der Waals surface area contributed by atoms with Crippen LogP contribution in [0.1, 0.15) is 28.2 Å². The first kappa shape index (κ1) is 16.1. The van der Waals surface area contributed by atoms with Gasteiger partial charge in [-0.2, -0.15) is 0 Å². The Balaban J connectivity index is 1.53. The number of halogens is 1. The van der Waals surface area contributed by atoms with Gasteiger partial charge in [0.25, 0.3) is 5.91 Å². The van der Waals surface area contributed by atoms with Crippen molar-refractivity contribution in [3.05, 3.63) is 47.0 Å². The van der Waals surface area contributed by atoms with E-state index in [2.05, 4.69) is 20.3 Å². The molecule has 24 heavy (non-hydrogen) atoms. The van der Waals surface area contributed by atoms with Crippen LogP contribution in [0.25, 0.3) is 0 Å². The van der Waals surface area contributed by atoms with Crippen molar-refractivity contribution < 1.29 is 18.6 Å². The van der Waals surface area contributed by atoms with Crippen LogP contribution in [0.3, 0.4) is 0 Å². The van der Waals surface area contributed by atoms with Crippen LogP contribution in [0.15, 0.2) is 28.9 Å². The molecule has 8 heteroatoms. The normalized spacial score (nSPS) is 17.3. The first-order valence-electron chi connectivity index (χ1n) is 7.65. The molecule has 1 saturated heterocycles. The predicted octanol–water partition coefficient (Wildman–Crippen LogP) is 1.09. The Kier molecular flexibility index (Phi) is 4.54. The minimum Gasteiger partial charge on any atom is -0.345 e. The lowest BCUT2D eigenvalue weighted by Crippen LogP contribution is -2.38. The molecule has 1 atom stereocenters. The lowest BCUT2D eigenvalue weighted by Gasteiger charge is -2.17. The summed E-state index contributed by atoms with van der Waals surface area (Å²) in [6.07, 6.45) is 0.887. The standard InChI is InChI=1S/C16H17FN4O3/c1-10-15(20-24-19-10)16(23)18-13-8-14(22)21(9-13)7-6-11-2-4-12(17)5-3-11/h2-5,13H,6-9H2,1H3,(H,18,23). The van der Waals surface area contributed by atoms with Crippen LogP contribution in [-0.4, -0.2) is 46.2 Å². The highest BCUT2D eigenvalue weighted by Gasteiger charge is 2.31. The van der Waals surface area contributed by atoms with Gasteiger partial charge < -0.3 is 10.2 Å². The Morgan fingerprint density at radius 1 is 1.38 bits per heavy atom. The van der Waals surface area contributed by atoms with E-state index in [-0.39, 0.29) is 29.9 Å². The lowest BCUT2D eigenvalue weighted by molar-refractivity contribution is -0.127. The van der Waals surface area contributed by atoms with E-state index in [4.69, 9.17) is 0 Å². The number of nitrogens with one attached hydrogen (secondary N) is 1. The number of likely N-dealkylation sites (tertiary alicyclic amines) is 1. The third kappa shape index (κ3) is 3.58. The molecule has 1 aliphatic rings. The molecule has 0 radical (unpaired) electrons. The fourth-order valence-electron chi connectivity index (χ4n) is 2.69. The number of nitrogens with zero attached hydrogens (tertiary/aromatic N) is 3. The molecule has 1 N–H and O–H groups in total. The second-order valence-corrected chi connectivity index (χ2v) is 5.79. The quantitative estimate of drug-likeness (QED) is 0.885. The number of aromatic nitrogens is 2. The number of benzene rings is 1. The molecule has 2 amide bonds. The van der Waals surface area contributed by atoms with Gasteiger partial charge in [0, 0.05) is 19.5 Å². The predicted molar refractivity (Wildman–Crippen MR) is 81.6 cm³/mol. The van der Waals surface area contributed by atoms with Crippen molar-refractivity contribution in [2.45, 2.75) is 25.8 Å². The van der Waals surface area contributed by atoms with E-state index in [1.165, 1.54) is 12.1 Å². The summed E-state index contributed by atoms with van der Waals surface area (Å²) in [5.74, 6) is -0.694. The van der Waals surface area contributed by atoms with Gasteiger partial charge in [-0.3, -0.25) is 9.59 Å². The van der Waals surface area contributed by atoms with Gasteiger partial charge in [0.05, 0.1) is 6.04 Å². The van der Waals surface area contributed by atoms with E-state index >= 15 is 0 Å². The van der Waals surface area contributed by atoms with Gasteiger partial charge in [-0.15, -0.1) is 0 Å². The van der Waals surface area contributed by atoms with Crippen molar-refractivity contribution >= 4 is 11.8 Å². The first-order valence-corrected chi connectivity index (χ1v) is 7.65. The lowest BCUT2D eigenvalue weighted by atomic mass is 10.1. The number of hydrogen-bond donors (Lipinski definition) is 1. The van der Waals surface area contributed by atoms with E-state index in [1.54, 1.807) is 24.0 Å². The van der Waals surface area contributed by atoms with Crippen molar-refractivity contribution in [1.82, 2.24) is 20.5 Å². The summed E-state index contributed by atoms with van der Waals surface area (Å²) in [7, 11) is 0. The molecule has 1 unspecified atom stereocenters. The summed E-state index contributed by atoms with van der Waals surface area (Å²) in [4.78, 5) is 25.8. The molecule has 0 saturated carbocycles. The number of amides is 2. The summed E-state index contributed by atoms with van der Waals surface area (Å²) in [6, 6.07) is 5.94. The van der Waals surface area contributed by atoms with Crippen molar-refractivity contribution in [1.29, 1.82) is 0 Å². The molecule has 1 aromatic heterocycles. The molecular formula is C16H17FN4O3. The van der Waals surface area contributed by atoms with Crippen LogP contribution < -0.4 is 5.32 Å². The van der Waals surface area contributed by atoms with Gasteiger partial charge in [-0.05, 0) is 36.2 Å². The van der Waals surface area contributed by atoms with Crippen LogP contribution >= 0.6 is 0 Å². The van der Waals surface area contributed by atoms with E-state index < -0.39 is 5.91 Å². The molecule has 1 fully saturated rings. The number of carbonyl (C=O) groups excluding carboxylic acids is 2. The fraction of sp³-hybridized carbons (Fsp3) is 0.375. The monoisotopic (exact) mass is 332 g/mol. The molecule has 7 nitrogen and oxygen atoms in total. The largest absolute Gasteiger partial charge is 0.345 e. The van der Waals surface area contributed by atoms with Gasteiger partial charge in [-0.1, -0.05) is 17.3 Å². The highest BCUT2D eigenvalue weighted by Crippen LogP contribution is 2.14. The van der Waals surface area contributed by atoms with Gasteiger partial charge >= 0.3 is 0 Å². The molecule has 0 spiro atoms. The highest BCUT2D eigenvalue weighted by atomic mass is 19.1. The highest BCUT2D eigenvalue weighted by molar-refractivity contribution is 5.94. The van der Waals surface area contributed by atoms with Gasteiger partial charge in [0.1, 0.15) is 11.5 Å². The Labute approximate surface area is 137 Å². The van der Waals surface area contributed by atoms with Crippen molar-refractivity contribution in [2.24, 2.45) is 0 Å². The Morgan fingerprint density at radius 2 is 2.12 bits per heavy atom. The van der Waals surface area contributed by atoms with Crippen LogP contribution in [0.4, 0.5) is 4.39 Å². The molecule has 1 aromatic carbocycles. The van der Waals surface area contributed by atoms with E-state index in [0.29, 0.717) is 25.2 Å². The fourth-order valence-corrected chi connectivity index (χ4v) is 2.69. The minimum absolute atomic E-state index is 0.0163. The van der Waals surface area contributed by atoms with Crippen LogP contribution in [-0.2, 0) is 11.2 Å². The molecular weight excluding hydrogens is 315 g/mol. The Bertz CT molecular complexity index is 744. The SMILES string of the molecule is Cc1nonc1C(=O)NC1CC(=O)N(CCc2ccc(F)cc2)C1. The average Bonchev–Trinajstić information content (AvgIpc) is 3.12. The Hall–Kier alpha value is -2.77. The van der Waals surface area contributed by atoms with Gasteiger partial charge in [0.15, 0.2) is 5.69 Å². The summed E-state index contributed by atoms with van der Waals surface area (Å²) >= 11 is 0. The maximum Gasteiger partial charge on any atom is 0.275 e. The van der Waals surface area contributed by atoms with Gasteiger partial charge in [-0.25, -0.2) is 9.02 Å². The van der Waals surface area contributed by atoms with Crippen LogP contribution in [0.5, 0.6) is 0 Å². The number of carbonyl (C=O) groups is 2. The average molecular weight is 332 g/mol. The summed E-state index contributed by atoms with van der Waals surface area (Å²) < 4.78 is 17.4. The molecule has 2 heterocycles. The van der Waals surface area contributed by atoms with E-state index in [0.717, 1.165) is 5.56 Å². The molecule has 0 bridgehead atoms. The topological polar surface area (TPSA) is 88.3 Å². The molecule has 126 valence electrons. The number of aryl methyl sites for hydroxylation is 1. The zero-order chi connectivity index (χ0) is 17.1.